The maximum absolute atomic E-state index is 13.5. The number of amides is 1. The van der Waals surface area contributed by atoms with Gasteiger partial charge in [-0.05, 0) is 61.4 Å². The van der Waals surface area contributed by atoms with Crippen LogP contribution in [-0.2, 0) is 6.42 Å². The minimum absolute atomic E-state index is 0.0811. The molecule has 0 fully saturated rings. The Morgan fingerprint density at radius 1 is 1.19 bits per heavy atom. The van der Waals surface area contributed by atoms with Gasteiger partial charge in [0, 0.05) is 12.2 Å². The summed E-state index contributed by atoms with van der Waals surface area (Å²) >= 11 is 1.46. The summed E-state index contributed by atoms with van der Waals surface area (Å²) < 4.78 is 15.2. The highest BCUT2D eigenvalue weighted by atomic mass is 32.2. The molecule has 4 rings (SSSR count). The number of para-hydroxylation sites is 1. The van der Waals surface area contributed by atoms with Crippen LogP contribution in [0.5, 0.6) is 0 Å². The Kier molecular flexibility index (Phi) is 4.74. The Labute approximate surface area is 162 Å². The quantitative estimate of drug-likeness (QED) is 0.621. The maximum Gasteiger partial charge on any atom is 0.276 e. The van der Waals surface area contributed by atoms with Gasteiger partial charge in [0.1, 0.15) is 11.5 Å². The van der Waals surface area contributed by atoms with Gasteiger partial charge in [0.2, 0.25) is 0 Å². The lowest BCUT2D eigenvalue weighted by Gasteiger charge is -2.31. The van der Waals surface area contributed by atoms with Crippen molar-refractivity contribution in [2.24, 2.45) is 0 Å². The van der Waals surface area contributed by atoms with E-state index in [1.54, 1.807) is 22.9 Å². The number of nitrogens with zero attached hydrogens (tertiary/aromatic N) is 3. The van der Waals surface area contributed by atoms with Gasteiger partial charge in [0.25, 0.3) is 5.91 Å². The third kappa shape index (κ3) is 3.14. The Balaban J connectivity index is 1.81. The molecule has 27 heavy (non-hydrogen) atoms. The van der Waals surface area contributed by atoms with E-state index in [1.165, 1.54) is 29.5 Å². The van der Waals surface area contributed by atoms with Crippen molar-refractivity contribution in [1.29, 1.82) is 0 Å². The van der Waals surface area contributed by atoms with E-state index in [2.05, 4.69) is 11.1 Å². The van der Waals surface area contributed by atoms with Gasteiger partial charge in [-0.3, -0.25) is 9.36 Å². The predicted molar refractivity (Wildman–Crippen MR) is 106 cm³/mol. The Morgan fingerprint density at radius 2 is 1.96 bits per heavy atom. The number of aromatic nitrogens is 2. The third-order valence-corrected chi connectivity index (χ3v) is 5.53. The molecule has 6 heteroatoms. The van der Waals surface area contributed by atoms with E-state index in [-0.39, 0.29) is 11.7 Å². The summed E-state index contributed by atoms with van der Waals surface area (Å²) in [4.78, 5) is 19.8. The van der Waals surface area contributed by atoms with E-state index in [9.17, 15) is 9.18 Å². The first-order chi connectivity index (χ1) is 13.1. The van der Waals surface area contributed by atoms with E-state index < -0.39 is 0 Å². The van der Waals surface area contributed by atoms with Crippen molar-refractivity contribution in [3.05, 3.63) is 71.3 Å². The number of thioether (sulfide) groups is 1. The Hall–Kier alpha value is -2.60. The highest BCUT2D eigenvalue weighted by Gasteiger charge is 2.28. The van der Waals surface area contributed by atoms with Crippen LogP contribution in [0.15, 0.2) is 53.8 Å². The molecule has 0 unspecified atom stereocenters. The number of rotatable bonds is 3. The number of hydrogen-bond acceptors (Lipinski definition) is 3. The molecular formula is C21H20FN3OS. The molecule has 0 N–H and O–H groups in total. The summed E-state index contributed by atoms with van der Waals surface area (Å²) in [7, 11) is 0. The maximum atomic E-state index is 13.5. The van der Waals surface area contributed by atoms with Crippen molar-refractivity contribution in [3.8, 4) is 5.69 Å². The number of halogens is 1. The van der Waals surface area contributed by atoms with Crippen LogP contribution in [0.25, 0.3) is 5.69 Å². The van der Waals surface area contributed by atoms with Gasteiger partial charge < -0.3 is 4.90 Å². The Morgan fingerprint density at radius 3 is 2.70 bits per heavy atom. The van der Waals surface area contributed by atoms with Crippen LogP contribution >= 0.6 is 11.8 Å². The second-order valence-electron chi connectivity index (χ2n) is 6.58. The fourth-order valence-corrected chi connectivity index (χ4v) is 4.20. The number of imidazole rings is 1. The van der Waals surface area contributed by atoms with E-state index in [4.69, 9.17) is 0 Å². The first-order valence-electron chi connectivity index (χ1n) is 8.88. The molecule has 1 aliphatic heterocycles. The zero-order chi connectivity index (χ0) is 19.0. The number of fused-ring (bicyclic) bond motifs is 1. The average Bonchev–Trinajstić information content (AvgIpc) is 3.12. The van der Waals surface area contributed by atoms with Crippen LogP contribution < -0.4 is 4.90 Å². The molecule has 0 bridgehead atoms. The minimum atomic E-state index is -0.307. The molecule has 0 saturated carbocycles. The fraction of sp³-hybridized carbons (Fsp3) is 0.238. The van der Waals surface area contributed by atoms with E-state index >= 15 is 0 Å². The van der Waals surface area contributed by atoms with Crippen LogP contribution in [0.2, 0.25) is 0 Å². The molecule has 1 amide bonds. The van der Waals surface area contributed by atoms with Gasteiger partial charge in [-0.1, -0.05) is 30.0 Å². The summed E-state index contributed by atoms with van der Waals surface area (Å²) in [6.07, 6.45) is 5.44. The molecule has 0 spiro atoms. The van der Waals surface area contributed by atoms with Gasteiger partial charge in [-0.15, -0.1) is 0 Å². The molecule has 0 radical (unpaired) electrons. The van der Waals surface area contributed by atoms with Crippen LogP contribution in [-0.4, -0.2) is 28.3 Å². The number of aryl methyl sites for hydroxylation is 2. The highest BCUT2D eigenvalue weighted by Crippen LogP contribution is 2.32. The van der Waals surface area contributed by atoms with Crippen molar-refractivity contribution >= 4 is 23.4 Å². The zero-order valence-electron chi connectivity index (χ0n) is 15.3. The molecule has 1 aliphatic rings. The average molecular weight is 381 g/mol. The first kappa shape index (κ1) is 17.8. The molecule has 1 aromatic heterocycles. The number of hydrogen-bond donors (Lipinski definition) is 0. The molecule has 0 saturated heterocycles. The van der Waals surface area contributed by atoms with Crippen LogP contribution in [0, 0.1) is 12.7 Å². The van der Waals surface area contributed by atoms with E-state index in [0.29, 0.717) is 17.4 Å². The summed E-state index contributed by atoms with van der Waals surface area (Å²) in [6.45, 7) is 2.72. The van der Waals surface area contributed by atoms with Gasteiger partial charge in [-0.2, -0.15) is 0 Å². The van der Waals surface area contributed by atoms with Crippen LogP contribution in [0.3, 0.4) is 0 Å². The second kappa shape index (κ2) is 7.19. The number of carbonyl (C=O) groups is 1. The topological polar surface area (TPSA) is 38.1 Å². The third-order valence-electron chi connectivity index (χ3n) is 4.88. The molecule has 4 nitrogen and oxygen atoms in total. The Bertz CT molecular complexity index is 997. The minimum Gasteiger partial charge on any atom is -0.306 e. The SMILES string of the molecule is CSc1ncc(C(=O)N2CCCc3cccc(C)c32)n1-c1ccc(F)cc1. The second-order valence-corrected chi connectivity index (χ2v) is 7.36. The number of anilines is 1. The molecule has 138 valence electrons. The first-order valence-corrected chi connectivity index (χ1v) is 10.1. The standard InChI is InChI=1S/C21H20FN3OS/c1-14-5-3-6-15-7-4-12-24(19(14)15)20(26)18-13-23-21(27-2)25(18)17-10-8-16(22)9-11-17/h3,5-6,8-11,13H,4,7,12H2,1-2H3. The lowest BCUT2D eigenvalue weighted by molar-refractivity contribution is 0.0978. The smallest absolute Gasteiger partial charge is 0.276 e. The van der Waals surface area contributed by atoms with Crippen molar-refractivity contribution in [2.45, 2.75) is 24.9 Å². The van der Waals surface area contributed by atoms with Gasteiger partial charge >= 0.3 is 0 Å². The number of carbonyl (C=O) groups excluding carboxylic acids is 1. The molecular weight excluding hydrogens is 361 g/mol. The summed E-state index contributed by atoms with van der Waals surface area (Å²) in [5.41, 5.74) is 4.52. The molecule has 0 atom stereocenters. The van der Waals surface area contributed by atoms with Crippen molar-refractivity contribution in [3.63, 3.8) is 0 Å². The number of benzene rings is 2. The normalized spacial score (nSPS) is 13.5. The van der Waals surface area contributed by atoms with Crippen LogP contribution in [0.1, 0.15) is 28.0 Å². The monoisotopic (exact) mass is 381 g/mol. The van der Waals surface area contributed by atoms with Gasteiger partial charge in [-0.25, -0.2) is 9.37 Å². The van der Waals surface area contributed by atoms with Gasteiger partial charge in [0.15, 0.2) is 5.16 Å². The summed E-state index contributed by atoms with van der Waals surface area (Å²) in [5.74, 6) is -0.389. The van der Waals surface area contributed by atoms with Crippen molar-refractivity contribution in [1.82, 2.24) is 9.55 Å². The molecule has 3 aromatic rings. The molecule has 0 aliphatic carbocycles. The van der Waals surface area contributed by atoms with E-state index in [0.717, 1.165) is 29.8 Å². The summed E-state index contributed by atoms with van der Waals surface area (Å²) in [6, 6.07) is 12.3. The fourth-order valence-electron chi connectivity index (χ4n) is 3.66. The van der Waals surface area contributed by atoms with E-state index in [1.807, 2.05) is 30.2 Å². The van der Waals surface area contributed by atoms with Crippen molar-refractivity contribution < 1.29 is 9.18 Å². The van der Waals surface area contributed by atoms with Crippen LogP contribution in [0.4, 0.5) is 10.1 Å². The lowest BCUT2D eigenvalue weighted by atomic mass is 9.98. The predicted octanol–water partition coefficient (Wildman–Crippen LogP) is 4.63. The van der Waals surface area contributed by atoms with Gasteiger partial charge in [0.05, 0.1) is 11.9 Å². The largest absolute Gasteiger partial charge is 0.306 e. The van der Waals surface area contributed by atoms with Crippen molar-refractivity contribution in [2.75, 3.05) is 17.7 Å². The summed E-state index contributed by atoms with van der Waals surface area (Å²) in [5, 5.41) is 0.701. The molecule has 2 heterocycles. The highest BCUT2D eigenvalue weighted by molar-refractivity contribution is 7.98. The zero-order valence-corrected chi connectivity index (χ0v) is 16.1. The lowest BCUT2D eigenvalue weighted by Crippen LogP contribution is -2.37. The molecule has 2 aromatic carbocycles.